The van der Waals surface area contributed by atoms with Crippen molar-refractivity contribution in [2.45, 2.75) is 19.9 Å². The summed E-state index contributed by atoms with van der Waals surface area (Å²) in [5, 5.41) is 0. The van der Waals surface area contributed by atoms with Gasteiger partial charge in [0.05, 0.1) is 6.04 Å². The van der Waals surface area contributed by atoms with Crippen LogP contribution in [0.15, 0.2) is 36.7 Å². The Morgan fingerprint density at radius 1 is 1.00 bits per heavy atom. The van der Waals surface area contributed by atoms with Crippen LogP contribution in [0, 0.1) is 19.7 Å². The highest BCUT2D eigenvalue weighted by Crippen LogP contribution is 2.21. The summed E-state index contributed by atoms with van der Waals surface area (Å²) < 4.78 is 13.3. The van der Waals surface area contributed by atoms with Crippen molar-refractivity contribution >= 4 is 0 Å². The van der Waals surface area contributed by atoms with Gasteiger partial charge in [-0.25, -0.2) is 4.39 Å². The number of nitrogens with zero attached hydrogens (tertiary/aromatic N) is 1. The van der Waals surface area contributed by atoms with Gasteiger partial charge in [0.15, 0.2) is 0 Å². The molecule has 2 N–H and O–H groups in total. The van der Waals surface area contributed by atoms with Crippen LogP contribution in [0.1, 0.15) is 28.3 Å². The fraction of sp³-hybridized carbons (Fsp3) is 0.214. The van der Waals surface area contributed by atoms with Crippen molar-refractivity contribution in [1.82, 2.24) is 4.98 Å². The van der Waals surface area contributed by atoms with Crippen molar-refractivity contribution in [2.24, 2.45) is 5.73 Å². The monoisotopic (exact) mass is 230 g/mol. The number of benzene rings is 1. The Bertz CT molecular complexity index is 517. The number of rotatable bonds is 2. The first-order valence-electron chi connectivity index (χ1n) is 5.50. The lowest BCUT2D eigenvalue weighted by Gasteiger charge is -2.13. The lowest BCUT2D eigenvalue weighted by atomic mass is 9.98. The largest absolute Gasteiger partial charge is 0.320 e. The van der Waals surface area contributed by atoms with E-state index < -0.39 is 0 Å². The Labute approximate surface area is 100 Å². The second kappa shape index (κ2) is 4.63. The normalized spacial score (nSPS) is 12.5. The minimum atomic E-state index is -0.336. The molecule has 2 rings (SSSR count). The molecule has 1 heterocycles. The van der Waals surface area contributed by atoms with Crippen molar-refractivity contribution in [3.05, 3.63) is 64.7 Å². The van der Waals surface area contributed by atoms with Crippen LogP contribution < -0.4 is 5.73 Å². The molecule has 1 aromatic carbocycles. The molecule has 0 radical (unpaired) electrons. The fourth-order valence-electron chi connectivity index (χ4n) is 1.89. The molecular weight excluding hydrogens is 215 g/mol. The van der Waals surface area contributed by atoms with E-state index in [0.717, 1.165) is 22.3 Å². The number of aryl methyl sites for hydroxylation is 2. The molecule has 0 aliphatic rings. The highest BCUT2D eigenvalue weighted by atomic mass is 19.1. The van der Waals surface area contributed by atoms with Crippen molar-refractivity contribution in [1.29, 1.82) is 0 Å². The zero-order valence-electron chi connectivity index (χ0n) is 9.94. The third-order valence-corrected chi connectivity index (χ3v) is 2.68. The summed E-state index contributed by atoms with van der Waals surface area (Å²) in [4.78, 5) is 4.10. The van der Waals surface area contributed by atoms with Crippen molar-refractivity contribution in [2.75, 3.05) is 0 Å². The lowest BCUT2D eigenvalue weighted by Crippen LogP contribution is -2.12. The van der Waals surface area contributed by atoms with Gasteiger partial charge in [-0.05, 0) is 48.2 Å². The van der Waals surface area contributed by atoms with Gasteiger partial charge in [0.25, 0.3) is 0 Å². The highest BCUT2D eigenvalue weighted by Gasteiger charge is 2.10. The van der Waals surface area contributed by atoms with Crippen LogP contribution in [-0.4, -0.2) is 4.98 Å². The molecule has 2 aromatic rings. The topological polar surface area (TPSA) is 38.9 Å². The van der Waals surface area contributed by atoms with Crippen LogP contribution in [0.3, 0.4) is 0 Å². The molecule has 2 nitrogen and oxygen atoms in total. The third kappa shape index (κ3) is 2.68. The van der Waals surface area contributed by atoms with Gasteiger partial charge in [-0.3, -0.25) is 4.98 Å². The van der Waals surface area contributed by atoms with Crippen LogP contribution in [0.5, 0.6) is 0 Å². The van der Waals surface area contributed by atoms with Gasteiger partial charge in [0.1, 0.15) is 5.82 Å². The molecule has 88 valence electrons. The SMILES string of the molecule is Cc1cncc(C(N)c2cc(C)cc(F)c2)c1. The molecule has 0 aliphatic carbocycles. The maximum atomic E-state index is 13.3. The molecule has 1 aromatic heterocycles. The van der Waals surface area contributed by atoms with E-state index in [1.807, 2.05) is 26.0 Å². The van der Waals surface area contributed by atoms with E-state index in [2.05, 4.69) is 4.98 Å². The summed E-state index contributed by atoms with van der Waals surface area (Å²) in [7, 11) is 0. The van der Waals surface area contributed by atoms with Gasteiger partial charge in [0.2, 0.25) is 0 Å². The average Bonchev–Trinajstić information content (AvgIpc) is 2.26. The molecule has 0 saturated carbocycles. The second-order valence-corrected chi connectivity index (χ2v) is 4.34. The van der Waals surface area contributed by atoms with Crippen molar-refractivity contribution in [3.8, 4) is 0 Å². The predicted molar refractivity (Wildman–Crippen MR) is 66.1 cm³/mol. The van der Waals surface area contributed by atoms with Crippen LogP contribution in [0.25, 0.3) is 0 Å². The van der Waals surface area contributed by atoms with E-state index in [9.17, 15) is 4.39 Å². The molecule has 0 saturated heterocycles. The Balaban J connectivity index is 2.39. The van der Waals surface area contributed by atoms with E-state index in [-0.39, 0.29) is 11.9 Å². The summed E-state index contributed by atoms with van der Waals surface area (Å²) in [5.41, 5.74) is 9.71. The molecule has 3 heteroatoms. The number of pyridine rings is 1. The first kappa shape index (κ1) is 11.7. The van der Waals surface area contributed by atoms with Gasteiger partial charge in [-0.1, -0.05) is 12.1 Å². The first-order valence-corrected chi connectivity index (χ1v) is 5.50. The zero-order valence-corrected chi connectivity index (χ0v) is 9.94. The van der Waals surface area contributed by atoms with Crippen LogP contribution in [0.4, 0.5) is 4.39 Å². The Hall–Kier alpha value is -1.74. The molecule has 0 bridgehead atoms. The van der Waals surface area contributed by atoms with Gasteiger partial charge in [-0.2, -0.15) is 0 Å². The summed E-state index contributed by atoms with van der Waals surface area (Å²) in [6.07, 6.45) is 3.49. The lowest BCUT2D eigenvalue weighted by molar-refractivity contribution is 0.622. The van der Waals surface area contributed by atoms with Crippen LogP contribution in [0.2, 0.25) is 0 Å². The zero-order chi connectivity index (χ0) is 12.4. The van der Waals surface area contributed by atoms with E-state index in [4.69, 9.17) is 5.73 Å². The molecule has 0 fully saturated rings. The minimum Gasteiger partial charge on any atom is -0.320 e. The summed E-state index contributed by atoms with van der Waals surface area (Å²) in [6.45, 7) is 3.81. The maximum Gasteiger partial charge on any atom is 0.123 e. The minimum absolute atomic E-state index is 0.254. The third-order valence-electron chi connectivity index (χ3n) is 2.68. The fourth-order valence-corrected chi connectivity index (χ4v) is 1.89. The number of hydrogen-bond donors (Lipinski definition) is 1. The Morgan fingerprint density at radius 3 is 2.35 bits per heavy atom. The highest BCUT2D eigenvalue weighted by molar-refractivity contribution is 5.34. The Morgan fingerprint density at radius 2 is 1.71 bits per heavy atom. The average molecular weight is 230 g/mol. The van der Waals surface area contributed by atoms with Crippen LogP contribution in [-0.2, 0) is 0 Å². The van der Waals surface area contributed by atoms with E-state index >= 15 is 0 Å². The van der Waals surface area contributed by atoms with Crippen molar-refractivity contribution < 1.29 is 4.39 Å². The summed E-state index contributed by atoms with van der Waals surface area (Å²) in [6, 6.07) is 6.50. The molecule has 0 aliphatic heterocycles. The molecule has 1 atom stereocenters. The smallest absolute Gasteiger partial charge is 0.123 e. The standard InChI is InChI=1S/C14H15FN2/c1-9-3-11(6-13(15)5-9)14(16)12-4-10(2)7-17-8-12/h3-8,14H,16H2,1-2H3. The van der Waals surface area contributed by atoms with E-state index in [0.29, 0.717) is 0 Å². The van der Waals surface area contributed by atoms with Gasteiger partial charge < -0.3 is 5.73 Å². The Kier molecular flexibility index (Phi) is 3.20. The molecule has 0 amide bonds. The summed E-state index contributed by atoms with van der Waals surface area (Å²) >= 11 is 0. The summed E-state index contributed by atoms with van der Waals surface area (Å²) in [5.74, 6) is -0.254. The predicted octanol–water partition coefficient (Wildman–Crippen LogP) is 2.89. The maximum absolute atomic E-state index is 13.3. The van der Waals surface area contributed by atoms with Gasteiger partial charge in [-0.15, -0.1) is 0 Å². The molecular formula is C14H15FN2. The van der Waals surface area contributed by atoms with Gasteiger partial charge in [0, 0.05) is 12.4 Å². The van der Waals surface area contributed by atoms with Crippen LogP contribution >= 0.6 is 0 Å². The van der Waals surface area contributed by atoms with Crippen molar-refractivity contribution in [3.63, 3.8) is 0 Å². The molecule has 1 unspecified atom stereocenters. The quantitative estimate of drug-likeness (QED) is 0.861. The van der Waals surface area contributed by atoms with E-state index in [1.165, 1.54) is 12.1 Å². The number of aromatic nitrogens is 1. The second-order valence-electron chi connectivity index (χ2n) is 4.34. The van der Waals surface area contributed by atoms with E-state index in [1.54, 1.807) is 12.4 Å². The molecule has 0 spiro atoms. The first-order chi connectivity index (χ1) is 8.06. The molecule has 17 heavy (non-hydrogen) atoms. The number of halogens is 1. The number of nitrogens with two attached hydrogens (primary N) is 1. The van der Waals surface area contributed by atoms with Gasteiger partial charge >= 0.3 is 0 Å². The number of hydrogen-bond acceptors (Lipinski definition) is 2.